The first kappa shape index (κ1) is 10.6. The van der Waals surface area contributed by atoms with E-state index in [4.69, 9.17) is 5.11 Å². The molecule has 0 aliphatic carbocycles. The van der Waals surface area contributed by atoms with Gasteiger partial charge in [0, 0.05) is 22.2 Å². The smallest absolute Gasteiger partial charge is 0.0582 e. The van der Waals surface area contributed by atoms with Crippen molar-refractivity contribution in [2.75, 3.05) is 6.61 Å². The Bertz CT molecular complexity index is 405. The topological polar surface area (TPSA) is 32.3 Å². The average molecular weight is 221 g/mol. The Kier molecular flexibility index (Phi) is 3.36. The minimum Gasteiger partial charge on any atom is -0.395 e. The van der Waals surface area contributed by atoms with Gasteiger partial charge in [-0.05, 0) is 24.4 Å². The van der Waals surface area contributed by atoms with Crippen molar-refractivity contribution in [2.45, 2.75) is 19.5 Å². The van der Waals surface area contributed by atoms with Crippen molar-refractivity contribution in [1.82, 2.24) is 5.32 Å². The van der Waals surface area contributed by atoms with Crippen LogP contribution in [0.4, 0.5) is 0 Å². The van der Waals surface area contributed by atoms with E-state index in [0.717, 1.165) is 6.54 Å². The third-order valence-corrected chi connectivity index (χ3v) is 3.49. The summed E-state index contributed by atoms with van der Waals surface area (Å²) in [5, 5.41) is 13.5. The monoisotopic (exact) mass is 221 g/mol. The second-order valence-corrected chi connectivity index (χ2v) is 4.88. The van der Waals surface area contributed by atoms with Gasteiger partial charge in [0.05, 0.1) is 6.61 Å². The first-order chi connectivity index (χ1) is 7.29. The van der Waals surface area contributed by atoms with E-state index in [1.54, 1.807) is 11.3 Å². The highest BCUT2D eigenvalue weighted by Crippen LogP contribution is 2.24. The standard InChI is InChI=1S/C12H15NOS/c1-9(8-14)13-7-11-6-10-4-2-3-5-12(10)15-11/h2-6,9,13-14H,7-8H2,1H3/t9-/m0/s1. The Morgan fingerprint density at radius 1 is 1.40 bits per heavy atom. The Balaban J connectivity index is 2.09. The van der Waals surface area contributed by atoms with Crippen LogP contribution in [0.1, 0.15) is 11.8 Å². The van der Waals surface area contributed by atoms with Gasteiger partial charge in [0.1, 0.15) is 0 Å². The Morgan fingerprint density at radius 2 is 2.20 bits per heavy atom. The van der Waals surface area contributed by atoms with Gasteiger partial charge in [-0.1, -0.05) is 18.2 Å². The maximum Gasteiger partial charge on any atom is 0.0582 e. The lowest BCUT2D eigenvalue weighted by Gasteiger charge is -2.08. The number of aliphatic hydroxyl groups excluding tert-OH is 1. The summed E-state index contributed by atoms with van der Waals surface area (Å²) in [6.45, 7) is 3.00. The van der Waals surface area contributed by atoms with Gasteiger partial charge >= 0.3 is 0 Å². The Morgan fingerprint density at radius 3 is 2.93 bits per heavy atom. The summed E-state index contributed by atoms with van der Waals surface area (Å²) >= 11 is 1.81. The van der Waals surface area contributed by atoms with Crippen LogP contribution in [0.25, 0.3) is 10.1 Å². The first-order valence-electron chi connectivity index (χ1n) is 5.11. The molecular formula is C12H15NOS. The van der Waals surface area contributed by atoms with E-state index < -0.39 is 0 Å². The fourth-order valence-electron chi connectivity index (χ4n) is 1.46. The third kappa shape index (κ3) is 2.56. The van der Waals surface area contributed by atoms with E-state index in [0.29, 0.717) is 0 Å². The lowest BCUT2D eigenvalue weighted by Crippen LogP contribution is -2.28. The quantitative estimate of drug-likeness (QED) is 0.830. The number of nitrogens with one attached hydrogen (secondary N) is 1. The van der Waals surface area contributed by atoms with Gasteiger partial charge in [0.2, 0.25) is 0 Å². The Labute approximate surface area is 93.6 Å². The highest BCUT2D eigenvalue weighted by atomic mass is 32.1. The van der Waals surface area contributed by atoms with E-state index in [1.165, 1.54) is 15.0 Å². The van der Waals surface area contributed by atoms with E-state index in [-0.39, 0.29) is 12.6 Å². The van der Waals surface area contributed by atoms with Crippen LogP contribution in [0.15, 0.2) is 30.3 Å². The second-order valence-electron chi connectivity index (χ2n) is 3.72. The molecule has 1 aromatic carbocycles. The van der Waals surface area contributed by atoms with E-state index in [1.807, 2.05) is 6.92 Å². The molecule has 0 radical (unpaired) electrons. The van der Waals surface area contributed by atoms with Gasteiger partial charge < -0.3 is 10.4 Å². The minimum atomic E-state index is 0.162. The molecule has 0 saturated heterocycles. The van der Waals surface area contributed by atoms with Gasteiger partial charge in [-0.15, -0.1) is 11.3 Å². The van der Waals surface area contributed by atoms with Crippen molar-refractivity contribution in [2.24, 2.45) is 0 Å². The van der Waals surface area contributed by atoms with E-state index >= 15 is 0 Å². The summed E-state index contributed by atoms with van der Waals surface area (Å²) in [6.07, 6.45) is 0. The predicted molar refractivity (Wildman–Crippen MR) is 65.2 cm³/mol. The minimum absolute atomic E-state index is 0.162. The summed E-state index contributed by atoms with van der Waals surface area (Å²) in [4.78, 5) is 1.32. The maximum atomic E-state index is 8.89. The molecule has 1 aromatic heterocycles. The maximum absolute atomic E-state index is 8.89. The molecule has 2 nitrogen and oxygen atoms in total. The summed E-state index contributed by atoms with van der Waals surface area (Å²) in [5.41, 5.74) is 0. The van der Waals surface area contributed by atoms with Gasteiger partial charge in [-0.25, -0.2) is 0 Å². The molecule has 2 N–H and O–H groups in total. The fraction of sp³-hybridized carbons (Fsp3) is 0.333. The zero-order chi connectivity index (χ0) is 10.7. The zero-order valence-electron chi connectivity index (χ0n) is 8.73. The zero-order valence-corrected chi connectivity index (χ0v) is 9.55. The lowest BCUT2D eigenvalue weighted by atomic mass is 10.2. The molecule has 2 rings (SSSR count). The SMILES string of the molecule is C[C@@H](CO)NCc1cc2ccccc2s1. The van der Waals surface area contributed by atoms with Crippen molar-refractivity contribution in [3.63, 3.8) is 0 Å². The van der Waals surface area contributed by atoms with Crippen LogP contribution in [-0.4, -0.2) is 17.8 Å². The van der Waals surface area contributed by atoms with Gasteiger partial charge in [0.15, 0.2) is 0 Å². The molecule has 0 aliphatic rings. The lowest BCUT2D eigenvalue weighted by molar-refractivity contribution is 0.251. The summed E-state index contributed by atoms with van der Waals surface area (Å²) in [6, 6.07) is 10.8. The number of aliphatic hydroxyl groups is 1. The molecule has 0 unspecified atom stereocenters. The van der Waals surface area contributed by atoms with Crippen LogP contribution < -0.4 is 5.32 Å². The summed E-state index contributed by atoms with van der Waals surface area (Å²) in [5.74, 6) is 0. The number of benzene rings is 1. The predicted octanol–water partition coefficient (Wildman–Crippen LogP) is 2.37. The van der Waals surface area contributed by atoms with Crippen LogP contribution in [0.2, 0.25) is 0 Å². The summed E-state index contributed by atoms with van der Waals surface area (Å²) < 4.78 is 1.32. The highest BCUT2D eigenvalue weighted by molar-refractivity contribution is 7.19. The van der Waals surface area contributed by atoms with E-state index in [9.17, 15) is 0 Å². The molecule has 1 heterocycles. The average Bonchev–Trinajstić information content (AvgIpc) is 2.68. The highest BCUT2D eigenvalue weighted by Gasteiger charge is 2.02. The molecule has 0 amide bonds. The number of thiophene rings is 1. The van der Waals surface area contributed by atoms with Crippen molar-refractivity contribution in [3.8, 4) is 0 Å². The van der Waals surface area contributed by atoms with Crippen molar-refractivity contribution >= 4 is 21.4 Å². The van der Waals surface area contributed by atoms with Gasteiger partial charge in [-0.2, -0.15) is 0 Å². The van der Waals surface area contributed by atoms with Crippen molar-refractivity contribution in [1.29, 1.82) is 0 Å². The Hall–Kier alpha value is -0.900. The van der Waals surface area contributed by atoms with Crippen molar-refractivity contribution in [3.05, 3.63) is 35.2 Å². The molecule has 0 bridgehead atoms. The van der Waals surface area contributed by atoms with Crippen LogP contribution in [-0.2, 0) is 6.54 Å². The van der Waals surface area contributed by atoms with Crippen LogP contribution in [0.5, 0.6) is 0 Å². The molecule has 15 heavy (non-hydrogen) atoms. The molecule has 3 heteroatoms. The van der Waals surface area contributed by atoms with Crippen LogP contribution >= 0.6 is 11.3 Å². The molecule has 0 fully saturated rings. The van der Waals surface area contributed by atoms with Gasteiger partial charge in [0.25, 0.3) is 0 Å². The fourth-order valence-corrected chi connectivity index (χ4v) is 2.48. The normalized spacial score (nSPS) is 13.2. The number of fused-ring (bicyclic) bond motifs is 1. The largest absolute Gasteiger partial charge is 0.395 e. The third-order valence-electron chi connectivity index (χ3n) is 2.38. The van der Waals surface area contributed by atoms with Crippen LogP contribution in [0.3, 0.4) is 0 Å². The number of hydrogen-bond acceptors (Lipinski definition) is 3. The molecule has 80 valence electrons. The van der Waals surface area contributed by atoms with Crippen molar-refractivity contribution < 1.29 is 5.11 Å². The number of hydrogen-bond donors (Lipinski definition) is 2. The molecule has 0 spiro atoms. The molecular weight excluding hydrogens is 206 g/mol. The second kappa shape index (κ2) is 4.75. The molecule has 1 atom stereocenters. The molecule has 2 aromatic rings. The summed E-state index contributed by atoms with van der Waals surface area (Å²) in [7, 11) is 0. The molecule has 0 saturated carbocycles. The van der Waals surface area contributed by atoms with Gasteiger partial charge in [-0.3, -0.25) is 0 Å². The molecule has 0 aliphatic heterocycles. The van der Waals surface area contributed by atoms with E-state index in [2.05, 4.69) is 35.6 Å². The number of rotatable bonds is 4. The first-order valence-corrected chi connectivity index (χ1v) is 5.93. The van der Waals surface area contributed by atoms with Crippen LogP contribution in [0, 0.1) is 0 Å².